The molecule has 12 nitrogen and oxygen atoms in total. The van der Waals surface area contributed by atoms with Gasteiger partial charge in [0.15, 0.2) is 0 Å². The first-order valence-corrected chi connectivity index (χ1v) is 7.08. The summed E-state index contributed by atoms with van der Waals surface area (Å²) in [4.78, 5) is 41.9. The van der Waals surface area contributed by atoms with Crippen LogP contribution in [0.3, 0.4) is 0 Å². The van der Waals surface area contributed by atoms with Crippen molar-refractivity contribution in [1.29, 1.82) is 0 Å². The van der Waals surface area contributed by atoms with Crippen LogP contribution < -0.4 is 0 Å². The Morgan fingerprint density at radius 2 is 1.65 bits per heavy atom. The maximum absolute atomic E-state index is 12.7. The molecule has 0 aliphatic heterocycles. The summed E-state index contributed by atoms with van der Waals surface area (Å²) in [5.74, 6) is -2.16. The lowest BCUT2D eigenvalue weighted by atomic mass is 10.1. The number of methoxy groups -OCH3 is 2. The number of esters is 2. The fourth-order valence-corrected chi connectivity index (χ4v) is 1.93. The monoisotopic (exact) mass is 361 g/mol. The van der Waals surface area contributed by atoms with E-state index in [0.717, 1.165) is 19.1 Å². The van der Waals surface area contributed by atoms with Crippen LogP contribution in [0.5, 0.6) is 0 Å². The van der Waals surface area contributed by atoms with Gasteiger partial charge < -0.3 is 14.4 Å². The van der Waals surface area contributed by atoms with Gasteiger partial charge >= 0.3 is 11.9 Å². The van der Waals surface area contributed by atoms with Crippen molar-refractivity contribution in [1.82, 2.24) is 4.90 Å². The first-order valence-electron chi connectivity index (χ1n) is 7.08. The van der Waals surface area contributed by atoms with Crippen LogP contribution >= 0.6 is 0 Å². The molecule has 0 aliphatic carbocycles. The van der Waals surface area contributed by atoms with Gasteiger partial charge in [0.2, 0.25) is 0 Å². The van der Waals surface area contributed by atoms with E-state index in [1.165, 1.54) is 18.2 Å². The van der Waals surface area contributed by atoms with Crippen molar-refractivity contribution in [3.05, 3.63) is 50.2 Å². The third-order valence-electron chi connectivity index (χ3n) is 3.08. The van der Waals surface area contributed by atoms with Crippen LogP contribution in [-0.2, 0) is 25.6 Å². The van der Waals surface area contributed by atoms with Gasteiger partial charge in [-0.3, -0.25) is 14.4 Å². The largest absolute Gasteiger partial charge is 0.468 e. The predicted molar refractivity (Wildman–Crippen MR) is 88.0 cm³/mol. The van der Waals surface area contributed by atoms with Gasteiger partial charge in [0, 0.05) is 21.1 Å². The Kier molecular flexibility index (Phi) is 7.95. The molecule has 26 heavy (non-hydrogen) atoms. The van der Waals surface area contributed by atoms with Crippen molar-refractivity contribution in [3.63, 3.8) is 0 Å². The molecule has 0 aliphatic rings. The lowest BCUT2D eigenvalue weighted by Crippen LogP contribution is -2.40. The number of azide groups is 2. The highest BCUT2D eigenvalue weighted by Crippen LogP contribution is 2.20. The normalized spacial score (nSPS) is 9.31. The summed E-state index contributed by atoms with van der Waals surface area (Å²) in [6, 6.07) is 4.12. The van der Waals surface area contributed by atoms with E-state index in [1.54, 1.807) is 0 Å². The zero-order valence-corrected chi connectivity index (χ0v) is 14.0. The van der Waals surface area contributed by atoms with Crippen LogP contribution in [0.15, 0.2) is 28.4 Å². The Labute approximate surface area is 147 Å². The Hall–Kier alpha value is -3.75. The molecule has 1 amide bonds. The highest BCUT2D eigenvalue weighted by molar-refractivity contribution is 5.98. The molecule has 1 aromatic rings. The van der Waals surface area contributed by atoms with Crippen molar-refractivity contribution in [2.75, 3.05) is 27.3 Å². The standard InChI is InChI=1S/C14H15N7O5/c1-25-12(22)7-21(8-13(23)26-2)14(24)10-3-9(6-17-19-15)4-11(5-10)18-20-16/h3-5H,6-8H2,1-2H3. The van der Waals surface area contributed by atoms with Crippen LogP contribution in [0.4, 0.5) is 5.69 Å². The third-order valence-corrected chi connectivity index (χ3v) is 3.08. The second-order valence-electron chi connectivity index (χ2n) is 4.78. The van der Waals surface area contributed by atoms with Crippen LogP contribution in [0.25, 0.3) is 20.9 Å². The Morgan fingerprint density at radius 3 is 2.15 bits per heavy atom. The molecule has 136 valence electrons. The molecule has 0 unspecified atom stereocenters. The topological polar surface area (TPSA) is 170 Å². The van der Waals surface area contributed by atoms with Gasteiger partial charge in [0.1, 0.15) is 13.1 Å². The molecular weight excluding hydrogens is 346 g/mol. The first-order chi connectivity index (χ1) is 12.4. The van der Waals surface area contributed by atoms with Crippen LogP contribution in [0.2, 0.25) is 0 Å². The molecule has 1 aromatic carbocycles. The lowest BCUT2D eigenvalue weighted by Gasteiger charge is -2.20. The number of nitrogens with zero attached hydrogens (tertiary/aromatic N) is 7. The number of hydrogen-bond donors (Lipinski definition) is 0. The van der Waals surface area contributed by atoms with Gasteiger partial charge in [-0.1, -0.05) is 10.2 Å². The highest BCUT2D eigenvalue weighted by Gasteiger charge is 2.23. The average molecular weight is 361 g/mol. The van der Waals surface area contributed by atoms with Crippen molar-refractivity contribution < 1.29 is 23.9 Å². The number of amides is 1. The minimum absolute atomic E-state index is 0.0332. The van der Waals surface area contributed by atoms with E-state index < -0.39 is 30.9 Å². The van der Waals surface area contributed by atoms with E-state index in [2.05, 4.69) is 29.5 Å². The molecule has 0 saturated heterocycles. The van der Waals surface area contributed by atoms with E-state index >= 15 is 0 Å². The highest BCUT2D eigenvalue weighted by atomic mass is 16.5. The van der Waals surface area contributed by atoms with Crippen molar-refractivity contribution >= 4 is 23.5 Å². The summed E-state index contributed by atoms with van der Waals surface area (Å²) < 4.78 is 9.03. The zero-order valence-electron chi connectivity index (χ0n) is 14.0. The van der Waals surface area contributed by atoms with E-state index in [0.29, 0.717) is 5.56 Å². The summed E-state index contributed by atoms with van der Waals surface area (Å²) in [6.07, 6.45) is 0. The number of carbonyl (C=O) groups excluding carboxylic acids is 3. The minimum Gasteiger partial charge on any atom is -0.468 e. The van der Waals surface area contributed by atoms with Gasteiger partial charge in [-0.05, 0) is 34.8 Å². The van der Waals surface area contributed by atoms with Crippen molar-refractivity contribution in [2.45, 2.75) is 6.54 Å². The van der Waals surface area contributed by atoms with Gasteiger partial charge in [0.05, 0.1) is 20.8 Å². The molecule has 0 N–H and O–H groups in total. The van der Waals surface area contributed by atoms with Gasteiger partial charge in [-0.2, -0.15) is 0 Å². The summed E-state index contributed by atoms with van der Waals surface area (Å²) in [6.45, 7) is -1.05. The van der Waals surface area contributed by atoms with Gasteiger partial charge in [0.25, 0.3) is 5.91 Å². The molecule has 0 atom stereocenters. The molecule has 0 aromatic heterocycles. The Bertz CT molecular complexity index is 779. The fraction of sp³-hybridized carbons (Fsp3) is 0.357. The summed E-state index contributed by atoms with van der Waals surface area (Å²) in [5, 5.41) is 6.81. The Morgan fingerprint density at radius 1 is 1.04 bits per heavy atom. The number of benzene rings is 1. The maximum atomic E-state index is 12.7. The van der Waals surface area contributed by atoms with Gasteiger partial charge in [-0.25, -0.2) is 0 Å². The number of rotatable bonds is 8. The van der Waals surface area contributed by atoms with Crippen LogP contribution in [0, 0.1) is 0 Å². The molecule has 0 bridgehead atoms. The van der Waals surface area contributed by atoms with E-state index in [9.17, 15) is 14.4 Å². The predicted octanol–water partition coefficient (Wildman–Crippen LogP) is 2.23. The fourth-order valence-electron chi connectivity index (χ4n) is 1.93. The molecule has 0 heterocycles. The summed E-state index contributed by atoms with van der Waals surface area (Å²) >= 11 is 0. The zero-order chi connectivity index (χ0) is 19.5. The van der Waals surface area contributed by atoms with Gasteiger partial charge in [-0.15, -0.1) is 0 Å². The molecule has 0 spiro atoms. The SMILES string of the molecule is COC(=O)CN(CC(=O)OC)C(=O)c1cc(CN=[N+]=[N-])cc(N=[N+]=[N-])c1. The smallest absolute Gasteiger partial charge is 0.325 e. The van der Waals surface area contributed by atoms with E-state index in [1.807, 2.05) is 0 Å². The molecule has 1 rings (SSSR count). The van der Waals surface area contributed by atoms with Crippen LogP contribution in [0.1, 0.15) is 15.9 Å². The van der Waals surface area contributed by atoms with Crippen molar-refractivity contribution in [3.8, 4) is 0 Å². The summed E-state index contributed by atoms with van der Waals surface area (Å²) in [5.41, 5.74) is 17.6. The first kappa shape index (κ1) is 20.3. The average Bonchev–Trinajstić information content (AvgIpc) is 2.64. The molecule has 12 heteroatoms. The molecule has 0 fully saturated rings. The Balaban J connectivity index is 3.27. The quantitative estimate of drug-likeness (QED) is 0.298. The summed E-state index contributed by atoms with van der Waals surface area (Å²) in [7, 11) is 2.28. The molecule has 0 radical (unpaired) electrons. The minimum atomic E-state index is -0.734. The second kappa shape index (κ2) is 10.2. The van der Waals surface area contributed by atoms with Crippen LogP contribution in [-0.4, -0.2) is 50.1 Å². The second-order valence-corrected chi connectivity index (χ2v) is 4.78. The number of ether oxygens (including phenoxy) is 2. The maximum Gasteiger partial charge on any atom is 0.325 e. The number of carbonyl (C=O) groups is 3. The number of hydrogen-bond acceptors (Lipinski definition) is 7. The van der Waals surface area contributed by atoms with E-state index in [-0.39, 0.29) is 17.8 Å². The third kappa shape index (κ3) is 6.04. The van der Waals surface area contributed by atoms with Crippen molar-refractivity contribution in [2.24, 2.45) is 10.2 Å². The van der Waals surface area contributed by atoms with E-state index in [4.69, 9.17) is 11.1 Å². The molecule has 0 saturated carbocycles. The molecular formula is C14H15N7O5. The lowest BCUT2D eigenvalue weighted by molar-refractivity contribution is -0.144.